The highest BCUT2D eigenvalue weighted by Crippen LogP contribution is 2.39. The zero-order chi connectivity index (χ0) is 14.0. The fourth-order valence-electron chi connectivity index (χ4n) is 2.26. The molecule has 1 fully saturated rings. The van der Waals surface area contributed by atoms with Gasteiger partial charge in [0.1, 0.15) is 11.8 Å². The van der Waals surface area contributed by atoms with Crippen LogP contribution in [0.1, 0.15) is 11.6 Å². The molecule has 1 atom stereocenters. The molecule has 2 rings (SSSR count). The van der Waals surface area contributed by atoms with E-state index in [4.69, 9.17) is 11.6 Å². The minimum absolute atomic E-state index is 0. The summed E-state index contributed by atoms with van der Waals surface area (Å²) in [7, 11) is 0. The maximum atomic E-state index is 13.4. The molecule has 21 heavy (non-hydrogen) atoms. The number of phenolic OH excluding ortho intramolecular Hbond substituents is 1. The van der Waals surface area contributed by atoms with E-state index in [0.717, 1.165) is 0 Å². The first-order valence-electron chi connectivity index (χ1n) is 5.91. The minimum atomic E-state index is -2.59. The molecule has 1 aromatic carbocycles. The van der Waals surface area contributed by atoms with Crippen molar-refractivity contribution in [2.24, 2.45) is 0 Å². The molecule has 0 amide bonds. The van der Waals surface area contributed by atoms with Gasteiger partial charge in [-0.25, -0.2) is 8.78 Å². The van der Waals surface area contributed by atoms with Crippen molar-refractivity contribution in [2.45, 2.75) is 12.5 Å². The summed E-state index contributed by atoms with van der Waals surface area (Å²) in [6.45, 7) is 2.34. The van der Waals surface area contributed by atoms with Crippen molar-refractivity contribution in [3.63, 3.8) is 0 Å². The van der Waals surface area contributed by atoms with E-state index in [0.29, 0.717) is 35.7 Å². The molecule has 0 bridgehead atoms. The van der Waals surface area contributed by atoms with Crippen LogP contribution in [0.25, 0.3) is 0 Å². The molecule has 1 saturated heterocycles. The zero-order valence-corrected chi connectivity index (χ0v) is 14.8. The average Bonchev–Trinajstić information content (AvgIpc) is 2.36. The van der Waals surface area contributed by atoms with Crippen LogP contribution in [0.15, 0.2) is 16.6 Å². The average molecular weight is 429 g/mol. The van der Waals surface area contributed by atoms with Crippen LogP contribution in [0.5, 0.6) is 5.75 Å². The largest absolute Gasteiger partial charge is 0.506 e. The SMILES string of the molecule is Cl.Cl.Oc1c(Br)cc(Cl)cc1[C@@H](C(F)F)N1CCNCC1. The van der Waals surface area contributed by atoms with Gasteiger partial charge in [0.2, 0.25) is 0 Å². The van der Waals surface area contributed by atoms with E-state index in [2.05, 4.69) is 21.2 Å². The number of nitrogens with one attached hydrogen (secondary N) is 1. The molecule has 122 valence electrons. The molecule has 1 aromatic rings. The normalized spacial score (nSPS) is 17.0. The van der Waals surface area contributed by atoms with Gasteiger partial charge in [-0.15, -0.1) is 24.8 Å². The standard InChI is InChI=1S/C12H14BrClF2N2O.2ClH/c13-9-6-7(14)5-8(11(9)19)10(12(15)16)18-3-1-17-2-4-18;;/h5-6,10,12,17,19H,1-4H2;2*1H/t10-;;/m0../s1. The molecule has 0 unspecified atom stereocenters. The van der Waals surface area contributed by atoms with E-state index in [1.54, 1.807) is 4.90 Å². The lowest BCUT2D eigenvalue weighted by Crippen LogP contribution is -2.46. The fourth-order valence-corrected chi connectivity index (χ4v) is 3.10. The second-order valence-corrected chi connectivity index (χ2v) is 5.68. The van der Waals surface area contributed by atoms with Crippen LogP contribution >= 0.6 is 52.3 Å². The summed E-state index contributed by atoms with van der Waals surface area (Å²) in [5.41, 5.74) is 0.163. The van der Waals surface area contributed by atoms with Gasteiger partial charge >= 0.3 is 0 Å². The molecular weight excluding hydrogens is 412 g/mol. The van der Waals surface area contributed by atoms with Gasteiger partial charge in [-0.2, -0.15) is 0 Å². The lowest BCUT2D eigenvalue weighted by atomic mass is 10.0. The van der Waals surface area contributed by atoms with Gasteiger partial charge < -0.3 is 10.4 Å². The number of phenols is 1. The number of alkyl halides is 2. The van der Waals surface area contributed by atoms with Gasteiger partial charge in [0.25, 0.3) is 6.43 Å². The zero-order valence-electron chi connectivity index (χ0n) is 10.9. The van der Waals surface area contributed by atoms with Gasteiger partial charge in [-0.1, -0.05) is 11.6 Å². The third kappa shape index (κ3) is 5.08. The summed E-state index contributed by atoms with van der Waals surface area (Å²) in [6, 6.07) is 1.75. The highest BCUT2D eigenvalue weighted by molar-refractivity contribution is 9.10. The maximum absolute atomic E-state index is 13.4. The lowest BCUT2D eigenvalue weighted by Gasteiger charge is -2.35. The van der Waals surface area contributed by atoms with Gasteiger partial charge in [-0.3, -0.25) is 4.90 Å². The Balaban J connectivity index is 0.00000200. The third-order valence-corrected chi connectivity index (χ3v) is 3.98. The molecule has 3 nitrogen and oxygen atoms in total. The highest BCUT2D eigenvalue weighted by Gasteiger charge is 2.32. The smallest absolute Gasteiger partial charge is 0.258 e. The van der Waals surface area contributed by atoms with Crippen LogP contribution in [0.3, 0.4) is 0 Å². The van der Waals surface area contributed by atoms with Crippen molar-refractivity contribution in [3.8, 4) is 5.75 Å². The van der Waals surface area contributed by atoms with E-state index in [1.807, 2.05) is 0 Å². The monoisotopic (exact) mass is 426 g/mol. The summed E-state index contributed by atoms with van der Waals surface area (Å²) < 4.78 is 27.1. The Morgan fingerprint density at radius 2 is 1.81 bits per heavy atom. The molecule has 1 aliphatic rings. The first-order valence-corrected chi connectivity index (χ1v) is 7.08. The van der Waals surface area contributed by atoms with E-state index >= 15 is 0 Å². The molecule has 1 heterocycles. The summed E-state index contributed by atoms with van der Waals surface area (Å²) >= 11 is 9.02. The molecule has 0 aromatic heterocycles. The van der Waals surface area contributed by atoms with E-state index < -0.39 is 12.5 Å². The Morgan fingerprint density at radius 1 is 1.24 bits per heavy atom. The third-order valence-electron chi connectivity index (χ3n) is 3.16. The maximum Gasteiger partial charge on any atom is 0.258 e. The van der Waals surface area contributed by atoms with E-state index in [-0.39, 0.29) is 36.1 Å². The summed E-state index contributed by atoms with van der Waals surface area (Å²) in [5, 5.41) is 13.4. The van der Waals surface area contributed by atoms with Crippen LogP contribution in [-0.4, -0.2) is 42.6 Å². The predicted molar refractivity (Wildman–Crippen MR) is 88.5 cm³/mol. The van der Waals surface area contributed by atoms with Crippen LogP contribution in [0.4, 0.5) is 8.78 Å². The molecule has 0 saturated carbocycles. The topological polar surface area (TPSA) is 35.5 Å². The van der Waals surface area contributed by atoms with Crippen molar-refractivity contribution in [2.75, 3.05) is 26.2 Å². The van der Waals surface area contributed by atoms with Crippen molar-refractivity contribution < 1.29 is 13.9 Å². The Hall–Kier alpha value is 0.150. The number of hydrogen-bond donors (Lipinski definition) is 2. The number of aromatic hydroxyl groups is 1. The van der Waals surface area contributed by atoms with Gasteiger partial charge in [0.15, 0.2) is 0 Å². The molecule has 0 spiro atoms. The van der Waals surface area contributed by atoms with Crippen molar-refractivity contribution in [3.05, 3.63) is 27.2 Å². The van der Waals surface area contributed by atoms with E-state index in [1.165, 1.54) is 12.1 Å². The van der Waals surface area contributed by atoms with Gasteiger partial charge in [-0.05, 0) is 28.1 Å². The Labute approximate surface area is 148 Å². The summed E-state index contributed by atoms with van der Waals surface area (Å²) in [5.74, 6) is -0.173. The molecule has 0 aliphatic carbocycles. The van der Waals surface area contributed by atoms with Crippen LogP contribution in [0.2, 0.25) is 5.02 Å². The summed E-state index contributed by atoms with van der Waals surface area (Å²) in [6.07, 6.45) is -2.59. The molecule has 0 radical (unpaired) electrons. The number of benzene rings is 1. The first-order chi connectivity index (χ1) is 9.00. The first kappa shape index (κ1) is 21.1. The van der Waals surface area contributed by atoms with Crippen LogP contribution in [0, 0.1) is 0 Å². The highest BCUT2D eigenvalue weighted by atomic mass is 79.9. The number of hydrogen-bond acceptors (Lipinski definition) is 3. The van der Waals surface area contributed by atoms with Gasteiger partial charge in [0, 0.05) is 36.8 Å². The van der Waals surface area contributed by atoms with Crippen LogP contribution in [-0.2, 0) is 0 Å². The lowest BCUT2D eigenvalue weighted by molar-refractivity contribution is 0.0170. The fraction of sp³-hybridized carbons (Fsp3) is 0.500. The quantitative estimate of drug-likeness (QED) is 0.768. The number of rotatable bonds is 3. The molecule has 2 N–H and O–H groups in total. The second kappa shape index (κ2) is 9.33. The Bertz CT molecular complexity index is 462. The number of nitrogens with zero attached hydrogens (tertiary/aromatic N) is 1. The minimum Gasteiger partial charge on any atom is -0.506 e. The molecule has 1 aliphatic heterocycles. The Morgan fingerprint density at radius 3 is 2.33 bits per heavy atom. The second-order valence-electron chi connectivity index (χ2n) is 4.39. The van der Waals surface area contributed by atoms with Gasteiger partial charge in [0.05, 0.1) is 4.47 Å². The summed E-state index contributed by atoms with van der Waals surface area (Å²) in [4.78, 5) is 1.67. The predicted octanol–water partition coefficient (Wildman–Crippen LogP) is 3.86. The van der Waals surface area contributed by atoms with Crippen molar-refractivity contribution in [1.29, 1.82) is 0 Å². The van der Waals surface area contributed by atoms with Crippen molar-refractivity contribution in [1.82, 2.24) is 10.2 Å². The number of piperazine rings is 1. The van der Waals surface area contributed by atoms with Crippen molar-refractivity contribution >= 4 is 52.3 Å². The van der Waals surface area contributed by atoms with E-state index in [9.17, 15) is 13.9 Å². The molecular formula is C12H16BrCl3F2N2O. The number of halogens is 6. The van der Waals surface area contributed by atoms with Crippen LogP contribution < -0.4 is 5.32 Å². The molecule has 9 heteroatoms. The Kier molecular flexibility index (Phi) is 9.39.